The fourth-order valence-corrected chi connectivity index (χ4v) is 2.44. The molecule has 1 heterocycles. The molecule has 0 bridgehead atoms. The van der Waals surface area contributed by atoms with Gasteiger partial charge in [-0.15, -0.1) is 0 Å². The van der Waals surface area contributed by atoms with Gasteiger partial charge >= 0.3 is 0 Å². The number of ketones is 1. The van der Waals surface area contributed by atoms with Crippen LogP contribution in [0.25, 0.3) is 0 Å². The van der Waals surface area contributed by atoms with Crippen LogP contribution in [0.3, 0.4) is 0 Å². The van der Waals surface area contributed by atoms with Crippen LogP contribution < -0.4 is 4.74 Å². The zero-order chi connectivity index (χ0) is 18.2. The van der Waals surface area contributed by atoms with Gasteiger partial charge in [-0.25, -0.2) is 0 Å². The molecule has 0 unspecified atom stereocenters. The first-order valence-corrected chi connectivity index (χ1v) is 8.32. The Labute approximate surface area is 146 Å². The summed E-state index contributed by atoms with van der Waals surface area (Å²) in [6.45, 7) is 2.15. The number of hydrogen-bond acceptors (Lipinski definition) is 5. The molecule has 6 heteroatoms. The van der Waals surface area contributed by atoms with Gasteiger partial charge in [-0.3, -0.25) is 19.3 Å². The number of carbonyl (C=O) groups is 3. The van der Waals surface area contributed by atoms with Gasteiger partial charge in [0.1, 0.15) is 11.5 Å². The summed E-state index contributed by atoms with van der Waals surface area (Å²) in [7, 11) is 0. The highest BCUT2D eigenvalue weighted by molar-refractivity contribution is 6.15. The normalized spacial score (nSPS) is 13.6. The maximum atomic E-state index is 12.3. The third-order valence-corrected chi connectivity index (χ3v) is 3.92. The maximum absolute atomic E-state index is 12.3. The lowest BCUT2D eigenvalue weighted by Crippen LogP contribution is -2.32. The molecule has 2 rings (SSSR count). The first kappa shape index (κ1) is 18.4. The molecule has 0 radical (unpaired) electrons. The minimum absolute atomic E-state index is 0.0177. The van der Waals surface area contributed by atoms with Gasteiger partial charge in [0.2, 0.25) is 0 Å². The molecule has 6 nitrogen and oxygen atoms in total. The average Bonchev–Trinajstić information content (AvgIpc) is 2.89. The molecule has 0 saturated carbocycles. The molecule has 2 amide bonds. The highest BCUT2D eigenvalue weighted by Gasteiger charge is 2.32. The summed E-state index contributed by atoms with van der Waals surface area (Å²) in [6.07, 6.45) is 4.49. The van der Waals surface area contributed by atoms with Crippen molar-refractivity contribution in [3.05, 3.63) is 41.7 Å². The number of benzene rings is 1. The van der Waals surface area contributed by atoms with Crippen LogP contribution in [0.2, 0.25) is 0 Å². The number of hydrogen-bond donors (Lipinski definition) is 0. The highest BCUT2D eigenvalue weighted by Crippen LogP contribution is 2.20. The molecule has 0 fully saturated rings. The van der Waals surface area contributed by atoms with Crippen LogP contribution in [0.4, 0.5) is 0 Å². The second kappa shape index (κ2) is 8.78. The van der Waals surface area contributed by atoms with Crippen molar-refractivity contribution in [1.29, 1.82) is 5.26 Å². The summed E-state index contributed by atoms with van der Waals surface area (Å²) in [5.74, 6) is -0.243. The lowest BCUT2D eigenvalue weighted by molar-refractivity contribution is -0.138. The Hall–Kier alpha value is -2.94. The van der Waals surface area contributed by atoms with Crippen molar-refractivity contribution >= 4 is 17.6 Å². The first-order chi connectivity index (χ1) is 12.0. The molecule has 130 valence electrons. The number of rotatable bonds is 9. The standard InChI is InChI=1S/C19H20N2O4/c1-2-15(22)6-4-3-5-11-21-18(23)12-17(19(21)24)25-16-9-7-14(13-20)8-10-16/h7-10,12H,2-6,11H2,1H3. The summed E-state index contributed by atoms with van der Waals surface area (Å²) in [6, 6.07) is 8.29. The minimum atomic E-state index is -0.459. The SMILES string of the molecule is CCC(=O)CCCCCN1C(=O)C=C(Oc2ccc(C#N)cc2)C1=O. The minimum Gasteiger partial charge on any atom is -0.451 e. The van der Waals surface area contributed by atoms with Crippen molar-refractivity contribution in [1.82, 2.24) is 4.90 Å². The van der Waals surface area contributed by atoms with Crippen LogP contribution in [0.1, 0.15) is 44.6 Å². The van der Waals surface area contributed by atoms with E-state index >= 15 is 0 Å². The fraction of sp³-hybridized carbons (Fsp3) is 0.368. The second-order valence-electron chi connectivity index (χ2n) is 5.74. The largest absolute Gasteiger partial charge is 0.451 e. The van der Waals surface area contributed by atoms with Crippen LogP contribution in [0.5, 0.6) is 5.75 Å². The maximum Gasteiger partial charge on any atom is 0.296 e. The molecule has 25 heavy (non-hydrogen) atoms. The van der Waals surface area contributed by atoms with E-state index in [-0.39, 0.29) is 11.5 Å². The Morgan fingerprint density at radius 1 is 1.16 bits per heavy atom. The number of carbonyl (C=O) groups excluding carboxylic acids is 3. The Morgan fingerprint density at radius 3 is 2.52 bits per heavy atom. The van der Waals surface area contributed by atoms with Crippen molar-refractivity contribution in [2.45, 2.75) is 39.0 Å². The average molecular weight is 340 g/mol. The number of ether oxygens (including phenoxy) is 1. The predicted octanol–water partition coefficient (Wildman–Crippen LogP) is 2.73. The third kappa shape index (κ3) is 5.01. The van der Waals surface area contributed by atoms with Crippen molar-refractivity contribution in [3.8, 4) is 11.8 Å². The lowest BCUT2D eigenvalue weighted by Gasteiger charge is -2.14. The number of unbranched alkanes of at least 4 members (excludes halogenated alkanes) is 2. The Balaban J connectivity index is 1.82. The van der Waals surface area contributed by atoms with E-state index < -0.39 is 11.8 Å². The summed E-state index contributed by atoms with van der Waals surface area (Å²) in [4.78, 5) is 36.6. The molecule has 0 saturated heterocycles. The van der Waals surface area contributed by atoms with Gasteiger partial charge in [-0.05, 0) is 37.1 Å². The van der Waals surface area contributed by atoms with E-state index in [1.807, 2.05) is 13.0 Å². The molecular formula is C19H20N2O4. The summed E-state index contributed by atoms with van der Waals surface area (Å²) >= 11 is 0. The van der Waals surface area contributed by atoms with E-state index in [0.717, 1.165) is 17.7 Å². The molecule has 1 aromatic rings. The van der Waals surface area contributed by atoms with Crippen LogP contribution in [0.15, 0.2) is 36.1 Å². The zero-order valence-corrected chi connectivity index (χ0v) is 14.2. The Morgan fingerprint density at radius 2 is 1.88 bits per heavy atom. The predicted molar refractivity (Wildman–Crippen MR) is 90.4 cm³/mol. The quantitative estimate of drug-likeness (QED) is 0.509. The van der Waals surface area contributed by atoms with E-state index in [9.17, 15) is 14.4 Å². The number of imide groups is 1. The van der Waals surface area contributed by atoms with E-state index in [2.05, 4.69) is 0 Å². The van der Waals surface area contributed by atoms with Gasteiger partial charge in [0.25, 0.3) is 11.8 Å². The fourth-order valence-electron chi connectivity index (χ4n) is 2.44. The van der Waals surface area contributed by atoms with Crippen LogP contribution in [0, 0.1) is 11.3 Å². The third-order valence-electron chi connectivity index (χ3n) is 3.92. The molecular weight excluding hydrogens is 320 g/mol. The number of Topliss-reactive ketones (excluding diaryl/α,β-unsaturated/α-hetero) is 1. The Kier molecular flexibility index (Phi) is 6.47. The molecule has 0 N–H and O–H groups in total. The van der Waals surface area contributed by atoms with Gasteiger partial charge in [0.15, 0.2) is 5.76 Å². The molecule has 1 aliphatic heterocycles. The zero-order valence-electron chi connectivity index (χ0n) is 14.2. The molecule has 0 spiro atoms. The van der Waals surface area contributed by atoms with E-state index in [4.69, 9.17) is 10.00 Å². The van der Waals surface area contributed by atoms with Crippen LogP contribution >= 0.6 is 0 Å². The summed E-state index contributed by atoms with van der Waals surface area (Å²) < 4.78 is 5.46. The number of nitriles is 1. The highest BCUT2D eigenvalue weighted by atomic mass is 16.5. The van der Waals surface area contributed by atoms with Crippen molar-refractivity contribution in [2.24, 2.45) is 0 Å². The van der Waals surface area contributed by atoms with E-state index in [0.29, 0.717) is 37.1 Å². The van der Waals surface area contributed by atoms with Crippen molar-refractivity contribution < 1.29 is 19.1 Å². The van der Waals surface area contributed by atoms with Crippen molar-refractivity contribution in [2.75, 3.05) is 6.54 Å². The molecule has 1 aliphatic rings. The lowest BCUT2D eigenvalue weighted by atomic mass is 10.1. The van der Waals surface area contributed by atoms with E-state index in [1.54, 1.807) is 24.3 Å². The second-order valence-corrected chi connectivity index (χ2v) is 5.74. The first-order valence-electron chi connectivity index (χ1n) is 8.32. The van der Waals surface area contributed by atoms with Gasteiger partial charge in [0.05, 0.1) is 17.7 Å². The Bertz CT molecular complexity index is 729. The molecule has 1 aromatic carbocycles. The summed E-state index contributed by atoms with van der Waals surface area (Å²) in [5, 5.41) is 8.76. The number of nitrogens with zero attached hydrogens (tertiary/aromatic N) is 2. The smallest absolute Gasteiger partial charge is 0.296 e. The van der Waals surface area contributed by atoms with Crippen LogP contribution in [-0.4, -0.2) is 29.0 Å². The van der Waals surface area contributed by atoms with Crippen molar-refractivity contribution in [3.63, 3.8) is 0 Å². The van der Waals surface area contributed by atoms with Gasteiger partial charge in [-0.1, -0.05) is 13.3 Å². The summed E-state index contributed by atoms with van der Waals surface area (Å²) in [5.41, 5.74) is 0.485. The molecule has 0 aliphatic carbocycles. The van der Waals surface area contributed by atoms with Gasteiger partial charge in [0, 0.05) is 19.4 Å². The molecule has 0 aromatic heterocycles. The van der Waals surface area contributed by atoms with E-state index in [1.165, 1.54) is 6.08 Å². The monoisotopic (exact) mass is 340 g/mol. The number of amides is 2. The van der Waals surface area contributed by atoms with Crippen LogP contribution in [-0.2, 0) is 14.4 Å². The van der Waals surface area contributed by atoms with Gasteiger partial charge in [-0.2, -0.15) is 5.26 Å². The van der Waals surface area contributed by atoms with Gasteiger partial charge < -0.3 is 4.74 Å². The topological polar surface area (TPSA) is 87.5 Å². The molecule has 0 atom stereocenters.